The average Bonchev–Trinajstić information content (AvgIpc) is 2.52. The van der Waals surface area contributed by atoms with E-state index in [9.17, 15) is 9.90 Å². The van der Waals surface area contributed by atoms with E-state index in [2.05, 4.69) is 4.98 Å². The number of amides is 1. The normalized spacial score (nSPS) is 12.0. The summed E-state index contributed by atoms with van der Waals surface area (Å²) in [5, 5.41) is 10.6. The van der Waals surface area contributed by atoms with Gasteiger partial charge in [0.25, 0.3) is 5.91 Å². The highest BCUT2D eigenvalue weighted by Crippen LogP contribution is 2.17. The minimum Gasteiger partial charge on any atom is -0.387 e. The van der Waals surface area contributed by atoms with Gasteiger partial charge in [-0.05, 0) is 31.5 Å². The molecule has 1 amide bonds. The molecule has 5 heteroatoms. The number of aliphatic hydroxyl groups excluding tert-OH is 1. The van der Waals surface area contributed by atoms with Gasteiger partial charge in [0.2, 0.25) is 0 Å². The lowest BCUT2D eigenvalue weighted by Gasteiger charge is -2.24. The number of hydrogen-bond acceptors (Lipinski definition) is 3. The third-order valence-corrected chi connectivity index (χ3v) is 3.70. The van der Waals surface area contributed by atoms with Crippen LogP contribution in [0.25, 0.3) is 0 Å². The van der Waals surface area contributed by atoms with Crippen LogP contribution in [0.2, 0.25) is 5.15 Å². The number of carbonyl (C=O) groups excluding carboxylic acids is 1. The second-order valence-corrected chi connectivity index (χ2v) is 5.52. The Morgan fingerprint density at radius 3 is 2.59 bits per heavy atom. The molecule has 1 unspecified atom stereocenters. The van der Waals surface area contributed by atoms with E-state index in [-0.39, 0.29) is 17.6 Å². The third-order valence-electron chi connectivity index (χ3n) is 3.50. The summed E-state index contributed by atoms with van der Waals surface area (Å²) >= 11 is 5.82. The number of aromatic nitrogens is 1. The molecular weight excluding hydrogens is 300 g/mol. The minimum absolute atomic E-state index is 0.169. The number of rotatable bonds is 5. The van der Waals surface area contributed by atoms with E-state index in [0.29, 0.717) is 12.1 Å². The summed E-state index contributed by atoms with van der Waals surface area (Å²) in [4.78, 5) is 17.9. The fraction of sp³-hybridized carbons (Fsp3) is 0.294. The summed E-state index contributed by atoms with van der Waals surface area (Å²) in [7, 11) is 0. The van der Waals surface area contributed by atoms with Gasteiger partial charge in [0.05, 0.1) is 12.6 Å². The zero-order valence-electron chi connectivity index (χ0n) is 12.7. The number of pyridine rings is 1. The van der Waals surface area contributed by atoms with Crippen LogP contribution in [0.3, 0.4) is 0 Å². The van der Waals surface area contributed by atoms with E-state index >= 15 is 0 Å². The van der Waals surface area contributed by atoms with Gasteiger partial charge in [-0.3, -0.25) is 4.79 Å². The first-order valence-electron chi connectivity index (χ1n) is 7.16. The summed E-state index contributed by atoms with van der Waals surface area (Å²) in [6.45, 7) is 4.60. The first kappa shape index (κ1) is 16.5. The Labute approximate surface area is 135 Å². The van der Waals surface area contributed by atoms with E-state index in [0.717, 1.165) is 11.1 Å². The molecule has 0 fully saturated rings. The molecule has 0 bridgehead atoms. The van der Waals surface area contributed by atoms with Crippen LogP contribution < -0.4 is 0 Å². The summed E-state index contributed by atoms with van der Waals surface area (Å²) in [6, 6.07) is 10.8. The number of hydrogen-bond donors (Lipinski definition) is 1. The first-order valence-corrected chi connectivity index (χ1v) is 7.54. The van der Waals surface area contributed by atoms with Crippen LogP contribution in [0.4, 0.5) is 0 Å². The van der Waals surface area contributed by atoms with Gasteiger partial charge in [-0.2, -0.15) is 0 Å². The highest BCUT2D eigenvalue weighted by atomic mass is 35.5. The summed E-state index contributed by atoms with van der Waals surface area (Å²) in [5.41, 5.74) is 2.40. The Morgan fingerprint density at radius 1 is 1.32 bits per heavy atom. The van der Waals surface area contributed by atoms with Crippen LogP contribution in [0.1, 0.15) is 34.5 Å². The Morgan fingerprint density at radius 2 is 2.00 bits per heavy atom. The predicted molar refractivity (Wildman–Crippen MR) is 87.0 cm³/mol. The first-order chi connectivity index (χ1) is 10.5. The van der Waals surface area contributed by atoms with Gasteiger partial charge in [-0.25, -0.2) is 4.98 Å². The van der Waals surface area contributed by atoms with E-state index in [4.69, 9.17) is 11.6 Å². The van der Waals surface area contributed by atoms with Crippen molar-refractivity contribution in [1.29, 1.82) is 0 Å². The molecule has 0 saturated heterocycles. The van der Waals surface area contributed by atoms with Crippen LogP contribution in [0, 0.1) is 6.92 Å². The van der Waals surface area contributed by atoms with Crippen LogP contribution in [-0.2, 0) is 0 Å². The van der Waals surface area contributed by atoms with Gasteiger partial charge in [-0.1, -0.05) is 41.4 Å². The van der Waals surface area contributed by atoms with Crippen LogP contribution in [0.15, 0.2) is 42.6 Å². The molecule has 22 heavy (non-hydrogen) atoms. The van der Waals surface area contributed by atoms with Crippen molar-refractivity contribution >= 4 is 17.5 Å². The summed E-state index contributed by atoms with van der Waals surface area (Å²) in [5.74, 6) is -0.169. The molecule has 1 aromatic carbocycles. The second kappa shape index (κ2) is 7.38. The van der Waals surface area contributed by atoms with Crippen molar-refractivity contribution in [2.45, 2.75) is 20.0 Å². The molecular formula is C17H19ClN2O2. The smallest absolute Gasteiger partial charge is 0.254 e. The van der Waals surface area contributed by atoms with Crippen molar-refractivity contribution in [2.24, 2.45) is 0 Å². The number of benzene rings is 1. The van der Waals surface area contributed by atoms with Crippen molar-refractivity contribution in [1.82, 2.24) is 9.88 Å². The fourth-order valence-corrected chi connectivity index (χ4v) is 2.35. The molecule has 1 aromatic heterocycles. The van der Waals surface area contributed by atoms with E-state index in [1.54, 1.807) is 11.0 Å². The lowest BCUT2D eigenvalue weighted by Crippen LogP contribution is -2.34. The second-order valence-electron chi connectivity index (χ2n) is 5.14. The van der Waals surface area contributed by atoms with Crippen molar-refractivity contribution in [3.05, 3.63) is 64.4 Å². The fourth-order valence-electron chi connectivity index (χ4n) is 2.18. The van der Waals surface area contributed by atoms with Gasteiger partial charge in [0.15, 0.2) is 0 Å². The quantitative estimate of drug-likeness (QED) is 0.861. The number of aliphatic hydroxyl groups is 1. The molecule has 1 atom stereocenters. The Balaban J connectivity index is 2.11. The molecule has 0 aliphatic rings. The number of aryl methyl sites for hydroxylation is 1. The van der Waals surface area contributed by atoms with Gasteiger partial charge in [-0.15, -0.1) is 0 Å². The largest absolute Gasteiger partial charge is 0.387 e. The zero-order valence-corrected chi connectivity index (χ0v) is 13.4. The molecule has 116 valence electrons. The van der Waals surface area contributed by atoms with Crippen LogP contribution in [0.5, 0.6) is 0 Å². The number of carbonyl (C=O) groups is 1. The molecule has 1 N–H and O–H groups in total. The Hall–Kier alpha value is -1.91. The molecule has 0 saturated carbocycles. The van der Waals surface area contributed by atoms with Crippen molar-refractivity contribution < 1.29 is 9.90 Å². The van der Waals surface area contributed by atoms with E-state index in [1.165, 1.54) is 12.3 Å². The van der Waals surface area contributed by atoms with Gasteiger partial charge >= 0.3 is 0 Å². The molecule has 0 aliphatic carbocycles. The minimum atomic E-state index is -0.721. The molecule has 4 nitrogen and oxygen atoms in total. The molecule has 0 radical (unpaired) electrons. The van der Waals surface area contributed by atoms with Crippen molar-refractivity contribution in [2.75, 3.05) is 13.1 Å². The van der Waals surface area contributed by atoms with Gasteiger partial charge in [0, 0.05) is 18.3 Å². The van der Waals surface area contributed by atoms with Crippen molar-refractivity contribution in [3.63, 3.8) is 0 Å². The van der Waals surface area contributed by atoms with Gasteiger partial charge < -0.3 is 10.0 Å². The summed E-state index contributed by atoms with van der Waals surface area (Å²) in [6.07, 6.45) is 0.779. The number of nitrogens with zero attached hydrogens (tertiary/aromatic N) is 2. The highest BCUT2D eigenvalue weighted by Gasteiger charge is 2.19. The number of halogens is 1. The zero-order chi connectivity index (χ0) is 16.1. The highest BCUT2D eigenvalue weighted by molar-refractivity contribution is 6.29. The Kier molecular flexibility index (Phi) is 5.52. The lowest BCUT2D eigenvalue weighted by molar-refractivity contribution is 0.0635. The molecule has 2 rings (SSSR count). The third kappa shape index (κ3) is 4.06. The summed E-state index contributed by atoms with van der Waals surface area (Å²) < 4.78 is 0. The molecule has 2 aromatic rings. The topological polar surface area (TPSA) is 53.4 Å². The molecule has 0 spiro atoms. The maximum Gasteiger partial charge on any atom is 0.254 e. The lowest BCUT2D eigenvalue weighted by atomic mass is 10.1. The predicted octanol–water partition coefficient (Wildman–Crippen LogP) is 3.24. The molecule has 0 aliphatic heterocycles. The van der Waals surface area contributed by atoms with Gasteiger partial charge in [0.1, 0.15) is 5.15 Å². The van der Waals surface area contributed by atoms with E-state index < -0.39 is 6.10 Å². The van der Waals surface area contributed by atoms with E-state index in [1.807, 2.05) is 38.1 Å². The Bertz CT molecular complexity index is 643. The van der Waals surface area contributed by atoms with Crippen LogP contribution >= 0.6 is 11.6 Å². The SMILES string of the molecule is CCN(CC(O)c1ccc(C)cc1)C(=O)c1ccnc(Cl)c1. The molecule has 1 heterocycles. The van der Waals surface area contributed by atoms with Crippen LogP contribution in [-0.4, -0.2) is 34.0 Å². The number of likely N-dealkylation sites (N-methyl/N-ethyl adjacent to an activating group) is 1. The maximum atomic E-state index is 12.5. The standard InChI is InChI=1S/C17H19ClN2O2/c1-3-20(17(22)14-8-9-19-16(18)10-14)11-15(21)13-6-4-12(2)5-7-13/h4-10,15,21H,3,11H2,1-2H3. The average molecular weight is 319 g/mol. The monoisotopic (exact) mass is 318 g/mol. The van der Waals surface area contributed by atoms with Crippen molar-refractivity contribution in [3.8, 4) is 0 Å². The maximum absolute atomic E-state index is 12.5.